The van der Waals surface area contributed by atoms with E-state index in [2.05, 4.69) is 10.3 Å². The second-order valence-corrected chi connectivity index (χ2v) is 4.10. The van der Waals surface area contributed by atoms with Gasteiger partial charge in [0.2, 0.25) is 5.91 Å². The van der Waals surface area contributed by atoms with Crippen molar-refractivity contribution in [2.75, 3.05) is 17.3 Å². The first-order chi connectivity index (χ1) is 7.24. The van der Waals surface area contributed by atoms with Gasteiger partial charge in [-0.15, -0.1) is 0 Å². The number of nitrogens with two attached hydrogens (primary N) is 1. The first-order valence-electron chi connectivity index (χ1n) is 4.69. The highest BCUT2D eigenvalue weighted by atomic mass is 32.2. The Morgan fingerprint density at radius 2 is 2.53 bits per heavy atom. The van der Waals surface area contributed by atoms with Crippen LogP contribution in [-0.4, -0.2) is 28.9 Å². The van der Waals surface area contributed by atoms with E-state index >= 15 is 0 Å². The first-order valence-corrected chi connectivity index (χ1v) is 6.09. The Balaban J connectivity index is 2.42. The van der Waals surface area contributed by atoms with E-state index in [1.54, 1.807) is 36.3 Å². The predicted molar refractivity (Wildman–Crippen MR) is 63.8 cm³/mol. The van der Waals surface area contributed by atoms with Crippen LogP contribution in [0.1, 0.15) is 6.42 Å². The van der Waals surface area contributed by atoms with Crippen molar-refractivity contribution in [1.29, 1.82) is 0 Å². The quantitative estimate of drug-likeness (QED) is 0.787. The second-order valence-electron chi connectivity index (χ2n) is 3.12. The van der Waals surface area contributed by atoms with Gasteiger partial charge in [0.05, 0.1) is 17.9 Å². The normalized spacial score (nSPS) is 12.1. The van der Waals surface area contributed by atoms with Crippen LogP contribution in [0.2, 0.25) is 0 Å². The average Bonchev–Trinajstić information content (AvgIpc) is 2.27. The van der Waals surface area contributed by atoms with Gasteiger partial charge in [0, 0.05) is 6.20 Å². The molecule has 5 heteroatoms. The fourth-order valence-electron chi connectivity index (χ4n) is 1.05. The van der Waals surface area contributed by atoms with E-state index in [0.29, 0.717) is 12.1 Å². The van der Waals surface area contributed by atoms with Gasteiger partial charge in [0.25, 0.3) is 0 Å². The topological polar surface area (TPSA) is 68.0 Å². The summed E-state index contributed by atoms with van der Waals surface area (Å²) < 4.78 is 0. The summed E-state index contributed by atoms with van der Waals surface area (Å²) in [6.07, 6.45) is 5.93. The van der Waals surface area contributed by atoms with Gasteiger partial charge in [-0.05, 0) is 30.6 Å². The lowest BCUT2D eigenvalue weighted by Gasteiger charge is -2.10. The van der Waals surface area contributed by atoms with Gasteiger partial charge in [-0.25, -0.2) is 0 Å². The molecule has 0 bridgehead atoms. The number of hydrogen-bond acceptors (Lipinski definition) is 4. The minimum atomic E-state index is -0.447. The molecule has 15 heavy (non-hydrogen) atoms. The van der Waals surface area contributed by atoms with Gasteiger partial charge >= 0.3 is 0 Å². The summed E-state index contributed by atoms with van der Waals surface area (Å²) in [5.41, 5.74) is 6.39. The molecule has 0 saturated carbocycles. The fourth-order valence-corrected chi connectivity index (χ4v) is 1.54. The molecule has 1 heterocycles. The summed E-state index contributed by atoms with van der Waals surface area (Å²) in [7, 11) is 0. The van der Waals surface area contributed by atoms with Crippen molar-refractivity contribution in [3.8, 4) is 0 Å². The molecule has 0 aliphatic rings. The van der Waals surface area contributed by atoms with Crippen LogP contribution in [0.15, 0.2) is 24.5 Å². The van der Waals surface area contributed by atoms with E-state index in [4.69, 9.17) is 5.73 Å². The van der Waals surface area contributed by atoms with Crippen LogP contribution in [-0.2, 0) is 4.79 Å². The zero-order valence-electron chi connectivity index (χ0n) is 8.64. The number of carbonyl (C=O) groups is 1. The van der Waals surface area contributed by atoms with Crippen LogP contribution in [0, 0.1) is 0 Å². The van der Waals surface area contributed by atoms with Crippen LogP contribution < -0.4 is 11.1 Å². The summed E-state index contributed by atoms with van der Waals surface area (Å²) in [5.74, 6) is 0.735. The molecule has 0 unspecified atom stereocenters. The molecule has 0 radical (unpaired) electrons. The van der Waals surface area contributed by atoms with E-state index in [1.165, 1.54) is 0 Å². The molecule has 4 nitrogen and oxygen atoms in total. The van der Waals surface area contributed by atoms with E-state index < -0.39 is 6.04 Å². The lowest BCUT2D eigenvalue weighted by Crippen LogP contribution is -2.36. The van der Waals surface area contributed by atoms with Crippen LogP contribution in [0.5, 0.6) is 0 Å². The SMILES string of the molecule is CSCC[C@H](N)C(=O)Nc1cccnc1. The third kappa shape index (κ3) is 4.31. The molecule has 0 aromatic carbocycles. The number of anilines is 1. The molecule has 3 N–H and O–H groups in total. The zero-order valence-corrected chi connectivity index (χ0v) is 9.46. The highest BCUT2D eigenvalue weighted by Gasteiger charge is 2.12. The maximum absolute atomic E-state index is 11.5. The van der Waals surface area contributed by atoms with E-state index in [9.17, 15) is 4.79 Å². The fraction of sp³-hybridized carbons (Fsp3) is 0.400. The van der Waals surface area contributed by atoms with Crippen molar-refractivity contribution >= 4 is 23.4 Å². The van der Waals surface area contributed by atoms with Crippen molar-refractivity contribution in [3.05, 3.63) is 24.5 Å². The second kappa shape index (κ2) is 6.42. The number of amides is 1. The molecule has 82 valence electrons. The van der Waals surface area contributed by atoms with Crippen LogP contribution in [0.25, 0.3) is 0 Å². The Morgan fingerprint density at radius 1 is 1.73 bits per heavy atom. The number of hydrogen-bond donors (Lipinski definition) is 2. The highest BCUT2D eigenvalue weighted by molar-refractivity contribution is 7.98. The number of nitrogens with one attached hydrogen (secondary N) is 1. The first kappa shape index (κ1) is 12.0. The molecule has 0 saturated heterocycles. The summed E-state index contributed by atoms with van der Waals surface area (Å²) >= 11 is 1.68. The average molecular weight is 225 g/mol. The van der Waals surface area contributed by atoms with Crippen molar-refractivity contribution in [3.63, 3.8) is 0 Å². The molecule has 0 spiro atoms. The van der Waals surface area contributed by atoms with Gasteiger partial charge in [0.15, 0.2) is 0 Å². The van der Waals surface area contributed by atoms with E-state index in [-0.39, 0.29) is 5.91 Å². The van der Waals surface area contributed by atoms with Crippen molar-refractivity contribution in [2.45, 2.75) is 12.5 Å². The van der Waals surface area contributed by atoms with Crippen molar-refractivity contribution < 1.29 is 4.79 Å². The maximum Gasteiger partial charge on any atom is 0.241 e. The number of rotatable bonds is 5. The number of nitrogens with zero attached hydrogens (tertiary/aromatic N) is 1. The van der Waals surface area contributed by atoms with E-state index in [1.807, 2.05) is 6.26 Å². The highest BCUT2D eigenvalue weighted by Crippen LogP contribution is 2.05. The molecule has 1 atom stereocenters. The maximum atomic E-state index is 11.5. The monoisotopic (exact) mass is 225 g/mol. The Bertz CT molecular complexity index is 305. The Morgan fingerprint density at radius 3 is 3.13 bits per heavy atom. The molecular weight excluding hydrogens is 210 g/mol. The van der Waals surface area contributed by atoms with Gasteiger partial charge in [-0.2, -0.15) is 11.8 Å². The van der Waals surface area contributed by atoms with Crippen LogP contribution in [0.4, 0.5) is 5.69 Å². The molecule has 1 aromatic rings. The lowest BCUT2D eigenvalue weighted by atomic mass is 10.2. The number of thioether (sulfide) groups is 1. The van der Waals surface area contributed by atoms with Gasteiger partial charge in [-0.1, -0.05) is 0 Å². The summed E-state index contributed by atoms with van der Waals surface area (Å²) in [4.78, 5) is 15.4. The molecule has 0 aliphatic heterocycles. The van der Waals surface area contributed by atoms with Gasteiger partial charge < -0.3 is 11.1 Å². The largest absolute Gasteiger partial charge is 0.323 e. The Kier molecular flexibility index (Phi) is 5.14. The predicted octanol–water partition coefficient (Wildman–Crippen LogP) is 1.10. The Hall–Kier alpha value is -1.07. The molecule has 0 aliphatic carbocycles. The van der Waals surface area contributed by atoms with Gasteiger partial charge in [0.1, 0.15) is 0 Å². The summed E-state index contributed by atoms with van der Waals surface area (Å²) in [5, 5.41) is 2.71. The molecule has 1 rings (SSSR count). The lowest BCUT2D eigenvalue weighted by molar-refractivity contribution is -0.117. The third-order valence-corrected chi connectivity index (χ3v) is 2.54. The summed E-state index contributed by atoms with van der Waals surface area (Å²) in [6.45, 7) is 0. The molecule has 1 aromatic heterocycles. The van der Waals surface area contributed by atoms with Crippen LogP contribution >= 0.6 is 11.8 Å². The van der Waals surface area contributed by atoms with E-state index in [0.717, 1.165) is 5.75 Å². The number of pyridine rings is 1. The minimum absolute atomic E-state index is 0.156. The van der Waals surface area contributed by atoms with Crippen molar-refractivity contribution in [1.82, 2.24) is 4.98 Å². The molecule has 0 fully saturated rings. The van der Waals surface area contributed by atoms with Gasteiger partial charge in [-0.3, -0.25) is 9.78 Å². The molecular formula is C10H15N3OS. The summed E-state index contributed by atoms with van der Waals surface area (Å²) in [6, 6.07) is 3.10. The Labute approximate surface area is 93.7 Å². The van der Waals surface area contributed by atoms with Crippen LogP contribution in [0.3, 0.4) is 0 Å². The standard InChI is InChI=1S/C10H15N3OS/c1-15-6-4-9(11)10(14)13-8-3-2-5-12-7-8/h2-3,5,7,9H,4,6,11H2,1H3,(H,13,14)/t9-/m0/s1. The molecule has 1 amide bonds. The number of aromatic nitrogens is 1. The minimum Gasteiger partial charge on any atom is -0.323 e. The smallest absolute Gasteiger partial charge is 0.241 e. The number of carbonyl (C=O) groups excluding carboxylic acids is 1. The third-order valence-electron chi connectivity index (χ3n) is 1.90. The zero-order chi connectivity index (χ0) is 11.1. The van der Waals surface area contributed by atoms with Crippen molar-refractivity contribution in [2.24, 2.45) is 5.73 Å².